The number of carbonyl (C=O) groups is 1. The third-order valence-electron chi connectivity index (χ3n) is 2.67. The molecule has 0 aliphatic rings. The first-order valence-corrected chi connectivity index (χ1v) is 6.38. The van der Waals surface area contributed by atoms with Gasteiger partial charge in [-0.25, -0.2) is 4.79 Å². The standard InChI is InChI=1S/C13H9N.C5H8O2/c14-10-12-8-4-5-9-13(12)11-6-2-1-3-7-11;1-4(2)5(6)7-3/h1-9H;1H2,2-3H3. The van der Waals surface area contributed by atoms with E-state index in [2.05, 4.69) is 17.4 Å². The van der Waals surface area contributed by atoms with Gasteiger partial charge >= 0.3 is 5.97 Å². The molecule has 3 heteroatoms. The molecule has 0 unspecified atom stereocenters. The Morgan fingerprint density at radius 1 is 1.10 bits per heavy atom. The van der Waals surface area contributed by atoms with Gasteiger partial charge in [-0.05, 0) is 24.1 Å². The summed E-state index contributed by atoms with van der Waals surface area (Å²) in [6, 6.07) is 19.8. The van der Waals surface area contributed by atoms with Gasteiger partial charge in [0.2, 0.25) is 0 Å². The molecule has 0 bridgehead atoms. The zero-order valence-corrected chi connectivity index (χ0v) is 12.2. The third kappa shape index (κ3) is 4.96. The SMILES string of the molecule is C=C(C)C(=O)OC.N#Cc1ccccc1-c1ccccc1. The van der Waals surface area contributed by atoms with E-state index < -0.39 is 0 Å². The largest absolute Gasteiger partial charge is 0.466 e. The average Bonchev–Trinajstić information content (AvgIpc) is 2.55. The highest BCUT2D eigenvalue weighted by molar-refractivity contribution is 5.86. The van der Waals surface area contributed by atoms with Crippen LogP contribution in [0.1, 0.15) is 12.5 Å². The summed E-state index contributed by atoms with van der Waals surface area (Å²) in [4.78, 5) is 10.2. The Hall–Kier alpha value is -2.86. The first-order valence-electron chi connectivity index (χ1n) is 6.38. The molecule has 0 saturated heterocycles. The molecule has 0 fully saturated rings. The van der Waals surface area contributed by atoms with Crippen LogP contribution in [0.3, 0.4) is 0 Å². The molecule has 0 aromatic heterocycles. The van der Waals surface area contributed by atoms with Crippen LogP contribution in [0.2, 0.25) is 0 Å². The van der Waals surface area contributed by atoms with Gasteiger partial charge in [0.1, 0.15) is 0 Å². The van der Waals surface area contributed by atoms with Crippen LogP contribution >= 0.6 is 0 Å². The zero-order valence-electron chi connectivity index (χ0n) is 12.2. The zero-order chi connectivity index (χ0) is 15.7. The molecular weight excluding hydrogens is 262 g/mol. The van der Waals surface area contributed by atoms with Crippen LogP contribution in [-0.2, 0) is 9.53 Å². The molecule has 106 valence electrons. The van der Waals surface area contributed by atoms with Crippen molar-refractivity contribution in [2.45, 2.75) is 6.92 Å². The molecule has 0 saturated carbocycles. The van der Waals surface area contributed by atoms with E-state index in [1.54, 1.807) is 6.92 Å². The van der Waals surface area contributed by atoms with Crippen molar-refractivity contribution >= 4 is 5.97 Å². The Morgan fingerprint density at radius 2 is 1.67 bits per heavy atom. The highest BCUT2D eigenvalue weighted by atomic mass is 16.5. The second kappa shape index (κ2) is 8.34. The van der Waals surface area contributed by atoms with Crippen LogP contribution < -0.4 is 0 Å². The van der Waals surface area contributed by atoms with Gasteiger partial charge in [-0.2, -0.15) is 5.26 Å². The maximum Gasteiger partial charge on any atom is 0.332 e. The highest BCUT2D eigenvalue weighted by Gasteiger charge is 2.01. The van der Waals surface area contributed by atoms with Crippen LogP contribution in [0.5, 0.6) is 0 Å². The minimum atomic E-state index is -0.347. The van der Waals surface area contributed by atoms with Gasteiger partial charge in [0.05, 0.1) is 18.7 Å². The molecule has 3 nitrogen and oxygen atoms in total. The molecule has 2 aromatic carbocycles. The molecular formula is C18H17NO2. The summed E-state index contributed by atoms with van der Waals surface area (Å²) in [7, 11) is 1.33. The lowest BCUT2D eigenvalue weighted by Crippen LogP contribution is -1.98. The molecule has 2 rings (SSSR count). The van der Waals surface area contributed by atoms with Crippen molar-refractivity contribution < 1.29 is 9.53 Å². The maximum absolute atomic E-state index is 10.2. The van der Waals surface area contributed by atoms with E-state index in [0.29, 0.717) is 5.57 Å². The number of methoxy groups -OCH3 is 1. The van der Waals surface area contributed by atoms with Crippen molar-refractivity contribution in [1.29, 1.82) is 5.26 Å². The van der Waals surface area contributed by atoms with E-state index in [4.69, 9.17) is 5.26 Å². The first kappa shape index (κ1) is 16.2. The molecule has 0 amide bonds. The molecule has 0 spiro atoms. The number of nitriles is 1. The summed E-state index contributed by atoms with van der Waals surface area (Å²) in [6.45, 7) is 4.95. The first-order chi connectivity index (χ1) is 10.1. The molecule has 0 aliphatic carbocycles. The predicted molar refractivity (Wildman–Crippen MR) is 83.4 cm³/mol. The third-order valence-corrected chi connectivity index (χ3v) is 2.67. The number of nitrogens with zero attached hydrogens (tertiary/aromatic N) is 1. The van der Waals surface area contributed by atoms with Crippen LogP contribution in [0, 0.1) is 11.3 Å². The van der Waals surface area contributed by atoms with Gasteiger partial charge in [-0.1, -0.05) is 55.1 Å². The molecule has 0 atom stereocenters. The van der Waals surface area contributed by atoms with E-state index in [0.717, 1.165) is 16.7 Å². The number of hydrogen-bond donors (Lipinski definition) is 0. The fourth-order valence-corrected chi connectivity index (χ4v) is 1.62. The minimum absolute atomic E-state index is 0.347. The fourth-order valence-electron chi connectivity index (χ4n) is 1.62. The molecule has 0 aliphatic heterocycles. The van der Waals surface area contributed by atoms with Crippen molar-refractivity contribution in [2.75, 3.05) is 7.11 Å². The smallest absolute Gasteiger partial charge is 0.332 e. The molecule has 2 aromatic rings. The van der Waals surface area contributed by atoms with E-state index in [-0.39, 0.29) is 5.97 Å². The van der Waals surface area contributed by atoms with Crippen molar-refractivity contribution in [1.82, 2.24) is 0 Å². The van der Waals surface area contributed by atoms with Gasteiger partial charge in [0, 0.05) is 5.57 Å². The van der Waals surface area contributed by atoms with E-state index in [9.17, 15) is 4.79 Å². The summed E-state index contributed by atoms with van der Waals surface area (Å²) in [5.74, 6) is -0.347. The average molecular weight is 279 g/mol. The highest BCUT2D eigenvalue weighted by Crippen LogP contribution is 2.22. The van der Waals surface area contributed by atoms with Gasteiger partial charge in [0.25, 0.3) is 0 Å². The minimum Gasteiger partial charge on any atom is -0.466 e. The fraction of sp³-hybridized carbons (Fsp3) is 0.111. The quantitative estimate of drug-likeness (QED) is 0.617. The molecule has 0 radical (unpaired) electrons. The Kier molecular flexibility index (Phi) is 6.43. The molecule has 21 heavy (non-hydrogen) atoms. The van der Waals surface area contributed by atoms with E-state index >= 15 is 0 Å². The Morgan fingerprint density at radius 3 is 2.14 bits per heavy atom. The summed E-state index contributed by atoms with van der Waals surface area (Å²) in [5.41, 5.74) is 3.24. The van der Waals surface area contributed by atoms with E-state index in [1.165, 1.54) is 7.11 Å². The second-order valence-electron chi connectivity index (χ2n) is 4.30. The lowest BCUT2D eigenvalue weighted by Gasteiger charge is -2.02. The van der Waals surface area contributed by atoms with Gasteiger partial charge in [-0.3, -0.25) is 0 Å². The lowest BCUT2D eigenvalue weighted by molar-refractivity contribution is -0.136. The number of ether oxygens (including phenoxy) is 1. The number of benzene rings is 2. The summed E-state index contributed by atoms with van der Waals surface area (Å²) < 4.78 is 4.27. The Bertz CT molecular complexity index is 654. The van der Waals surface area contributed by atoms with Crippen LogP contribution in [0.15, 0.2) is 66.7 Å². The van der Waals surface area contributed by atoms with Gasteiger partial charge < -0.3 is 4.74 Å². The van der Waals surface area contributed by atoms with Crippen molar-refractivity contribution in [2.24, 2.45) is 0 Å². The molecule has 0 N–H and O–H groups in total. The normalized spacial score (nSPS) is 8.81. The predicted octanol–water partition coefficient (Wildman–Crippen LogP) is 3.96. The topological polar surface area (TPSA) is 50.1 Å². The van der Waals surface area contributed by atoms with Crippen LogP contribution in [0.4, 0.5) is 0 Å². The number of rotatable bonds is 2. The summed E-state index contributed by atoms with van der Waals surface area (Å²) >= 11 is 0. The van der Waals surface area contributed by atoms with Crippen molar-refractivity contribution in [3.8, 4) is 17.2 Å². The maximum atomic E-state index is 10.2. The second-order valence-corrected chi connectivity index (χ2v) is 4.30. The van der Waals surface area contributed by atoms with Gasteiger partial charge in [-0.15, -0.1) is 0 Å². The number of hydrogen-bond acceptors (Lipinski definition) is 3. The van der Waals surface area contributed by atoms with Crippen LogP contribution in [-0.4, -0.2) is 13.1 Å². The Balaban J connectivity index is 0.000000270. The Labute approximate surface area is 125 Å². The van der Waals surface area contributed by atoms with Crippen LogP contribution in [0.25, 0.3) is 11.1 Å². The monoisotopic (exact) mass is 279 g/mol. The molecule has 0 heterocycles. The van der Waals surface area contributed by atoms with Crippen molar-refractivity contribution in [3.05, 3.63) is 72.3 Å². The van der Waals surface area contributed by atoms with Gasteiger partial charge in [0.15, 0.2) is 0 Å². The van der Waals surface area contributed by atoms with Crippen molar-refractivity contribution in [3.63, 3.8) is 0 Å². The number of carbonyl (C=O) groups excluding carboxylic acids is 1. The number of esters is 1. The van der Waals surface area contributed by atoms with E-state index in [1.807, 2.05) is 54.6 Å². The summed E-state index contributed by atoms with van der Waals surface area (Å²) in [5, 5.41) is 8.93. The lowest BCUT2D eigenvalue weighted by atomic mass is 10.0. The summed E-state index contributed by atoms with van der Waals surface area (Å²) in [6.07, 6.45) is 0.